The van der Waals surface area contributed by atoms with Gasteiger partial charge in [-0.25, -0.2) is 0 Å². The molecule has 0 unspecified atom stereocenters. The molecule has 3 nitrogen and oxygen atoms in total. The summed E-state index contributed by atoms with van der Waals surface area (Å²) >= 11 is 1.86. The first-order valence-corrected chi connectivity index (χ1v) is 3.43. The summed E-state index contributed by atoms with van der Waals surface area (Å²) in [6.45, 7) is 0.622. The lowest BCUT2D eigenvalue weighted by Gasteiger charge is -1.95. The molecular formula is C5H7IN2O. The highest BCUT2D eigenvalue weighted by molar-refractivity contribution is 14.1. The largest absolute Gasteiger partial charge is 0.309 e. The van der Waals surface area contributed by atoms with Gasteiger partial charge in [0.25, 0.3) is 0 Å². The smallest absolute Gasteiger partial charge is 0.110 e. The van der Waals surface area contributed by atoms with Crippen LogP contribution < -0.4 is 0 Å². The molecule has 1 rings (SSSR count). The third-order valence-corrected chi connectivity index (χ3v) is 1.44. The zero-order valence-corrected chi connectivity index (χ0v) is 7.20. The van der Waals surface area contributed by atoms with E-state index < -0.39 is 0 Å². The highest BCUT2D eigenvalue weighted by Crippen LogP contribution is 2.00. The molecule has 1 aromatic heterocycles. The van der Waals surface area contributed by atoms with Crippen LogP contribution in [0.25, 0.3) is 0 Å². The summed E-state index contributed by atoms with van der Waals surface area (Å²) in [6, 6.07) is 1.93. The molecular weight excluding hydrogens is 231 g/mol. The Morgan fingerprint density at radius 2 is 2.67 bits per heavy atom. The minimum atomic E-state index is 0.622. The molecule has 0 aliphatic heterocycles. The van der Waals surface area contributed by atoms with Gasteiger partial charge in [0.2, 0.25) is 0 Å². The highest BCUT2D eigenvalue weighted by Gasteiger charge is 1.94. The summed E-state index contributed by atoms with van der Waals surface area (Å²) < 4.78 is 6.67. The fourth-order valence-electron chi connectivity index (χ4n) is 0.599. The molecule has 4 heteroatoms. The van der Waals surface area contributed by atoms with E-state index in [0.717, 1.165) is 5.69 Å². The maximum Gasteiger partial charge on any atom is 0.110 e. The van der Waals surface area contributed by atoms with Crippen LogP contribution in [-0.2, 0) is 16.7 Å². The lowest BCUT2D eigenvalue weighted by molar-refractivity contribution is 0.398. The maximum atomic E-state index is 4.88. The monoisotopic (exact) mass is 238 g/mol. The second-order valence-corrected chi connectivity index (χ2v) is 2.32. The number of rotatable bonds is 2. The van der Waals surface area contributed by atoms with Gasteiger partial charge in [-0.1, -0.05) is 0 Å². The third kappa shape index (κ3) is 1.65. The van der Waals surface area contributed by atoms with Gasteiger partial charge in [0.15, 0.2) is 0 Å². The SMILES string of the molecule is Cn1nccc1COI. The Hall–Kier alpha value is -0.100. The standard InChI is InChI=1S/C5H7IN2O/c1-8-5(4-9-6)2-3-7-8/h2-3H,4H2,1H3. The minimum absolute atomic E-state index is 0.622. The zero-order valence-electron chi connectivity index (χ0n) is 5.04. The van der Waals surface area contributed by atoms with Crippen molar-refractivity contribution in [1.29, 1.82) is 0 Å². The molecule has 0 radical (unpaired) electrons. The third-order valence-electron chi connectivity index (χ3n) is 1.12. The van der Waals surface area contributed by atoms with Gasteiger partial charge >= 0.3 is 0 Å². The maximum absolute atomic E-state index is 4.88. The van der Waals surface area contributed by atoms with Crippen LogP contribution in [0, 0.1) is 0 Å². The van der Waals surface area contributed by atoms with Crippen molar-refractivity contribution in [3.63, 3.8) is 0 Å². The number of aromatic nitrogens is 2. The molecule has 0 saturated carbocycles. The van der Waals surface area contributed by atoms with E-state index in [9.17, 15) is 0 Å². The Kier molecular flexibility index (Phi) is 2.47. The van der Waals surface area contributed by atoms with E-state index >= 15 is 0 Å². The first kappa shape index (κ1) is 7.01. The van der Waals surface area contributed by atoms with Crippen LogP contribution >= 0.6 is 23.0 Å². The predicted octanol–water partition coefficient (Wildman–Crippen LogP) is 1.29. The molecule has 0 spiro atoms. The molecule has 1 aromatic rings. The van der Waals surface area contributed by atoms with E-state index in [-0.39, 0.29) is 0 Å². The number of nitrogens with zero attached hydrogens (tertiary/aromatic N) is 2. The average molecular weight is 238 g/mol. The van der Waals surface area contributed by atoms with Gasteiger partial charge in [0.05, 0.1) is 5.69 Å². The van der Waals surface area contributed by atoms with E-state index in [4.69, 9.17) is 3.07 Å². The predicted molar refractivity (Wildman–Crippen MR) is 42.0 cm³/mol. The van der Waals surface area contributed by atoms with Gasteiger partial charge in [-0.15, -0.1) is 0 Å². The van der Waals surface area contributed by atoms with Crippen LogP contribution in [-0.4, -0.2) is 9.78 Å². The lowest BCUT2D eigenvalue weighted by Crippen LogP contribution is -1.96. The van der Waals surface area contributed by atoms with E-state index in [2.05, 4.69) is 5.10 Å². The molecule has 9 heavy (non-hydrogen) atoms. The lowest BCUT2D eigenvalue weighted by atomic mass is 10.5. The summed E-state index contributed by atoms with van der Waals surface area (Å²) in [5.74, 6) is 0. The van der Waals surface area contributed by atoms with E-state index in [0.29, 0.717) is 6.61 Å². The van der Waals surface area contributed by atoms with E-state index in [1.165, 1.54) is 0 Å². The Morgan fingerprint density at radius 3 is 3.11 bits per heavy atom. The van der Waals surface area contributed by atoms with Crippen molar-refractivity contribution in [3.05, 3.63) is 18.0 Å². The zero-order chi connectivity index (χ0) is 6.69. The molecule has 50 valence electrons. The van der Waals surface area contributed by atoms with Gasteiger partial charge < -0.3 is 3.07 Å². The van der Waals surface area contributed by atoms with Gasteiger partial charge in [0.1, 0.15) is 29.6 Å². The quantitative estimate of drug-likeness (QED) is 0.726. The van der Waals surface area contributed by atoms with Crippen molar-refractivity contribution < 1.29 is 3.07 Å². The first-order valence-electron chi connectivity index (χ1n) is 2.55. The van der Waals surface area contributed by atoms with Crippen LogP contribution in [0.1, 0.15) is 5.69 Å². The van der Waals surface area contributed by atoms with E-state index in [1.54, 1.807) is 10.9 Å². The topological polar surface area (TPSA) is 27.1 Å². The molecule has 0 amide bonds. The van der Waals surface area contributed by atoms with Crippen molar-refractivity contribution in [2.45, 2.75) is 6.61 Å². The second kappa shape index (κ2) is 3.17. The molecule has 0 aromatic carbocycles. The molecule has 0 bridgehead atoms. The Bertz CT molecular complexity index is 187. The second-order valence-electron chi connectivity index (χ2n) is 1.70. The molecule has 0 atom stereocenters. The molecule has 0 aliphatic carbocycles. The van der Waals surface area contributed by atoms with Crippen LogP contribution in [0.3, 0.4) is 0 Å². The molecule has 0 fully saturated rings. The van der Waals surface area contributed by atoms with Crippen molar-refractivity contribution in [1.82, 2.24) is 9.78 Å². The summed E-state index contributed by atoms with van der Waals surface area (Å²) in [5.41, 5.74) is 1.09. The Labute approximate surface area is 67.7 Å². The molecule has 0 N–H and O–H groups in total. The van der Waals surface area contributed by atoms with Crippen LogP contribution in [0.2, 0.25) is 0 Å². The number of aryl methyl sites for hydroxylation is 1. The number of halogens is 1. The first-order chi connectivity index (χ1) is 4.34. The van der Waals surface area contributed by atoms with Gasteiger partial charge in [-0.3, -0.25) is 4.68 Å². The van der Waals surface area contributed by atoms with Crippen molar-refractivity contribution in [3.8, 4) is 0 Å². The van der Waals surface area contributed by atoms with Crippen LogP contribution in [0.5, 0.6) is 0 Å². The molecule has 0 saturated heterocycles. The van der Waals surface area contributed by atoms with Gasteiger partial charge in [-0.2, -0.15) is 5.10 Å². The summed E-state index contributed by atoms with van der Waals surface area (Å²) in [5, 5.41) is 3.97. The Morgan fingerprint density at radius 1 is 1.89 bits per heavy atom. The molecule has 1 heterocycles. The fraction of sp³-hybridized carbons (Fsp3) is 0.400. The number of hydrogen-bond acceptors (Lipinski definition) is 2. The van der Waals surface area contributed by atoms with Crippen molar-refractivity contribution >= 4 is 23.0 Å². The summed E-state index contributed by atoms with van der Waals surface area (Å²) in [4.78, 5) is 0. The van der Waals surface area contributed by atoms with Crippen LogP contribution in [0.15, 0.2) is 12.3 Å². The molecule has 0 aliphatic rings. The Balaban J connectivity index is 2.69. The van der Waals surface area contributed by atoms with Gasteiger partial charge in [-0.05, 0) is 6.07 Å². The highest BCUT2D eigenvalue weighted by atomic mass is 127. The summed E-state index contributed by atoms with van der Waals surface area (Å²) in [7, 11) is 1.89. The van der Waals surface area contributed by atoms with E-state index in [1.807, 2.05) is 36.1 Å². The summed E-state index contributed by atoms with van der Waals surface area (Å²) in [6.07, 6.45) is 1.75. The number of hydrogen-bond donors (Lipinski definition) is 0. The van der Waals surface area contributed by atoms with Crippen molar-refractivity contribution in [2.75, 3.05) is 0 Å². The minimum Gasteiger partial charge on any atom is -0.309 e. The van der Waals surface area contributed by atoms with Crippen LogP contribution in [0.4, 0.5) is 0 Å². The fourth-order valence-corrected chi connectivity index (χ4v) is 0.918. The van der Waals surface area contributed by atoms with Crippen molar-refractivity contribution in [2.24, 2.45) is 7.05 Å². The van der Waals surface area contributed by atoms with Gasteiger partial charge in [0, 0.05) is 13.2 Å². The average Bonchev–Trinajstić information content (AvgIpc) is 2.18. The normalized spacial score (nSPS) is 10.0.